The lowest BCUT2D eigenvalue weighted by atomic mass is 10.0. The van der Waals surface area contributed by atoms with Crippen LogP contribution in [0.15, 0.2) is 22.7 Å². The smallest absolute Gasteiger partial charge is 0.223 e. The van der Waals surface area contributed by atoms with Gasteiger partial charge in [0, 0.05) is 29.7 Å². The van der Waals surface area contributed by atoms with Crippen LogP contribution in [0.25, 0.3) is 0 Å². The number of amides is 1. The Morgan fingerprint density at radius 2 is 2.28 bits per heavy atom. The largest absolute Gasteiger partial charge is 0.398 e. The van der Waals surface area contributed by atoms with Crippen molar-refractivity contribution in [2.75, 3.05) is 12.3 Å². The van der Waals surface area contributed by atoms with Crippen molar-refractivity contribution in [1.82, 2.24) is 4.90 Å². The summed E-state index contributed by atoms with van der Waals surface area (Å²) < 4.78 is 0.914. The van der Waals surface area contributed by atoms with Crippen LogP contribution < -0.4 is 5.73 Å². The maximum atomic E-state index is 11.9. The molecule has 0 bridgehead atoms. The minimum Gasteiger partial charge on any atom is -0.398 e. The van der Waals surface area contributed by atoms with Crippen molar-refractivity contribution >= 4 is 27.5 Å². The summed E-state index contributed by atoms with van der Waals surface area (Å²) in [6, 6.07) is 5.81. The number of anilines is 1. The normalized spacial score (nSPS) is 19.6. The molecule has 1 saturated heterocycles. The predicted molar refractivity (Wildman–Crippen MR) is 77.0 cm³/mol. The van der Waals surface area contributed by atoms with Crippen LogP contribution in [0.1, 0.15) is 31.7 Å². The van der Waals surface area contributed by atoms with Gasteiger partial charge in [-0.25, -0.2) is 0 Å². The van der Waals surface area contributed by atoms with E-state index in [1.54, 1.807) is 0 Å². The third-order valence-corrected chi connectivity index (χ3v) is 4.43. The molecule has 0 aromatic heterocycles. The molecular formula is C14H19BrN2O. The first kappa shape index (κ1) is 13.4. The van der Waals surface area contributed by atoms with E-state index in [1.807, 2.05) is 23.1 Å². The van der Waals surface area contributed by atoms with Gasteiger partial charge in [0.1, 0.15) is 0 Å². The van der Waals surface area contributed by atoms with Gasteiger partial charge in [-0.15, -0.1) is 0 Å². The van der Waals surface area contributed by atoms with E-state index >= 15 is 0 Å². The number of carbonyl (C=O) groups is 1. The van der Waals surface area contributed by atoms with Crippen LogP contribution in [-0.2, 0) is 11.3 Å². The number of nitrogens with two attached hydrogens (primary N) is 1. The van der Waals surface area contributed by atoms with Crippen molar-refractivity contribution in [2.45, 2.75) is 32.7 Å². The molecule has 1 aromatic rings. The molecule has 0 radical (unpaired) electrons. The van der Waals surface area contributed by atoms with E-state index in [1.165, 1.54) is 0 Å². The average molecular weight is 311 g/mol. The number of nitrogen functional groups attached to an aromatic ring is 1. The zero-order valence-corrected chi connectivity index (χ0v) is 12.2. The van der Waals surface area contributed by atoms with Gasteiger partial charge >= 0.3 is 0 Å². The highest BCUT2D eigenvalue weighted by atomic mass is 79.9. The third-order valence-electron chi connectivity index (χ3n) is 3.46. The van der Waals surface area contributed by atoms with Crippen molar-refractivity contribution < 1.29 is 4.79 Å². The van der Waals surface area contributed by atoms with Crippen molar-refractivity contribution in [3.63, 3.8) is 0 Å². The first-order chi connectivity index (χ1) is 8.61. The van der Waals surface area contributed by atoms with E-state index in [4.69, 9.17) is 5.73 Å². The summed E-state index contributed by atoms with van der Waals surface area (Å²) in [5.41, 5.74) is 7.66. The summed E-state index contributed by atoms with van der Waals surface area (Å²) in [5.74, 6) is 0.796. The first-order valence-corrected chi connectivity index (χ1v) is 7.21. The standard InChI is InChI=1S/C14H19BrN2O/c1-2-4-10-7-13(18)17(8-10)9-11-5-3-6-12(16)14(11)15/h3,5-6,10H,2,4,7-9,16H2,1H3. The first-order valence-electron chi connectivity index (χ1n) is 6.42. The molecule has 0 spiro atoms. The maximum Gasteiger partial charge on any atom is 0.223 e. The lowest BCUT2D eigenvalue weighted by Crippen LogP contribution is -2.24. The van der Waals surface area contributed by atoms with Gasteiger partial charge in [0.05, 0.1) is 0 Å². The fraction of sp³-hybridized carbons (Fsp3) is 0.500. The van der Waals surface area contributed by atoms with Crippen LogP contribution in [0, 0.1) is 5.92 Å². The number of halogens is 1. The highest BCUT2D eigenvalue weighted by Gasteiger charge is 2.29. The fourth-order valence-electron chi connectivity index (χ4n) is 2.54. The van der Waals surface area contributed by atoms with Gasteiger partial charge in [-0.2, -0.15) is 0 Å². The second-order valence-corrected chi connectivity index (χ2v) is 5.75. The van der Waals surface area contributed by atoms with Gasteiger partial charge in [-0.05, 0) is 39.9 Å². The second-order valence-electron chi connectivity index (χ2n) is 4.95. The Balaban J connectivity index is 2.06. The molecule has 1 aliphatic heterocycles. The summed E-state index contributed by atoms with van der Waals surface area (Å²) in [5, 5.41) is 0. The molecule has 98 valence electrons. The molecule has 1 heterocycles. The third kappa shape index (κ3) is 2.86. The Morgan fingerprint density at radius 1 is 1.50 bits per heavy atom. The van der Waals surface area contributed by atoms with Crippen molar-refractivity contribution in [2.24, 2.45) is 5.92 Å². The zero-order chi connectivity index (χ0) is 13.1. The number of hydrogen-bond donors (Lipinski definition) is 1. The SMILES string of the molecule is CCCC1CC(=O)N(Cc2cccc(N)c2Br)C1. The quantitative estimate of drug-likeness (QED) is 0.868. The number of hydrogen-bond acceptors (Lipinski definition) is 2. The van der Waals surface area contributed by atoms with Crippen molar-refractivity contribution in [3.05, 3.63) is 28.2 Å². The summed E-state index contributed by atoms with van der Waals surface area (Å²) in [6.45, 7) is 3.71. The lowest BCUT2D eigenvalue weighted by Gasteiger charge is -2.18. The van der Waals surface area contributed by atoms with Crippen molar-refractivity contribution in [1.29, 1.82) is 0 Å². The molecule has 4 heteroatoms. The Kier molecular flexibility index (Phi) is 4.27. The molecule has 1 aromatic carbocycles. The molecule has 0 aliphatic carbocycles. The van der Waals surface area contributed by atoms with E-state index in [0.717, 1.165) is 35.1 Å². The topological polar surface area (TPSA) is 46.3 Å². The highest BCUT2D eigenvalue weighted by Crippen LogP contribution is 2.28. The van der Waals surface area contributed by atoms with Crippen LogP contribution in [0.3, 0.4) is 0 Å². The number of benzene rings is 1. The van der Waals surface area contributed by atoms with Gasteiger partial charge in [-0.1, -0.05) is 25.5 Å². The minimum atomic E-state index is 0.266. The molecule has 2 rings (SSSR count). The fourth-order valence-corrected chi connectivity index (χ4v) is 2.93. The number of nitrogens with zero attached hydrogens (tertiary/aromatic N) is 1. The van der Waals surface area contributed by atoms with Crippen LogP contribution in [0.5, 0.6) is 0 Å². The van der Waals surface area contributed by atoms with Crippen LogP contribution in [0.2, 0.25) is 0 Å². The molecule has 3 nitrogen and oxygen atoms in total. The zero-order valence-electron chi connectivity index (χ0n) is 10.7. The summed E-state index contributed by atoms with van der Waals surface area (Å²) in [4.78, 5) is 13.9. The van der Waals surface area contributed by atoms with E-state index < -0.39 is 0 Å². The molecule has 2 N–H and O–H groups in total. The maximum absolute atomic E-state index is 11.9. The molecule has 1 aliphatic rings. The minimum absolute atomic E-state index is 0.266. The number of carbonyl (C=O) groups excluding carboxylic acids is 1. The Bertz CT molecular complexity index is 447. The molecule has 1 atom stereocenters. The van der Waals surface area contributed by atoms with Gasteiger partial charge in [-0.3, -0.25) is 4.79 Å². The van der Waals surface area contributed by atoms with E-state index in [0.29, 0.717) is 18.9 Å². The predicted octanol–water partition coefficient (Wildman–Crippen LogP) is 3.18. The summed E-state index contributed by atoms with van der Waals surface area (Å²) in [6.07, 6.45) is 2.99. The summed E-state index contributed by atoms with van der Waals surface area (Å²) >= 11 is 3.49. The summed E-state index contributed by atoms with van der Waals surface area (Å²) in [7, 11) is 0. The van der Waals surface area contributed by atoms with Crippen LogP contribution in [-0.4, -0.2) is 17.4 Å². The monoisotopic (exact) mass is 310 g/mol. The highest BCUT2D eigenvalue weighted by molar-refractivity contribution is 9.10. The number of rotatable bonds is 4. The van der Waals surface area contributed by atoms with E-state index in [9.17, 15) is 4.79 Å². The molecular weight excluding hydrogens is 292 g/mol. The molecule has 18 heavy (non-hydrogen) atoms. The van der Waals surface area contributed by atoms with Gasteiger partial charge < -0.3 is 10.6 Å². The van der Waals surface area contributed by atoms with Crippen LogP contribution >= 0.6 is 15.9 Å². The van der Waals surface area contributed by atoms with E-state index in [-0.39, 0.29) is 5.91 Å². The second kappa shape index (κ2) is 5.74. The van der Waals surface area contributed by atoms with Gasteiger partial charge in [0.15, 0.2) is 0 Å². The molecule has 1 amide bonds. The molecule has 1 fully saturated rings. The van der Waals surface area contributed by atoms with Gasteiger partial charge in [0.2, 0.25) is 5.91 Å². The Hall–Kier alpha value is -1.03. The molecule has 1 unspecified atom stereocenters. The van der Waals surface area contributed by atoms with Crippen LogP contribution in [0.4, 0.5) is 5.69 Å². The Labute approximate surface area is 116 Å². The average Bonchev–Trinajstić information content (AvgIpc) is 2.66. The molecule has 0 saturated carbocycles. The lowest BCUT2D eigenvalue weighted by molar-refractivity contribution is -0.128. The van der Waals surface area contributed by atoms with E-state index in [2.05, 4.69) is 22.9 Å². The number of likely N-dealkylation sites (tertiary alicyclic amines) is 1. The Morgan fingerprint density at radius 3 is 3.00 bits per heavy atom. The van der Waals surface area contributed by atoms with Gasteiger partial charge in [0.25, 0.3) is 0 Å². The van der Waals surface area contributed by atoms with Crippen molar-refractivity contribution in [3.8, 4) is 0 Å².